The van der Waals surface area contributed by atoms with E-state index in [1.165, 1.54) is 56.7 Å². The van der Waals surface area contributed by atoms with Crippen LogP contribution >= 0.6 is 22.7 Å². The van der Waals surface area contributed by atoms with Crippen molar-refractivity contribution >= 4 is 107 Å². The average molecular weight is 775 g/mol. The molecule has 0 radical (unpaired) electrons. The van der Waals surface area contributed by atoms with Crippen molar-refractivity contribution in [2.75, 3.05) is 0 Å². The molecular formula is C52H30N4S2. The number of nitrogens with zero attached hydrogens (tertiary/aromatic N) is 3. The van der Waals surface area contributed by atoms with E-state index >= 15 is 0 Å². The number of para-hydroxylation sites is 2. The van der Waals surface area contributed by atoms with Crippen LogP contribution in [0.1, 0.15) is 0 Å². The Labute approximate surface area is 339 Å². The molecule has 1 N–H and O–H groups in total. The predicted octanol–water partition coefficient (Wildman–Crippen LogP) is 14.9. The first-order valence-electron chi connectivity index (χ1n) is 19.5. The molecule has 0 amide bonds. The van der Waals surface area contributed by atoms with Gasteiger partial charge in [-0.1, -0.05) is 91.0 Å². The van der Waals surface area contributed by atoms with Crippen LogP contribution in [0.15, 0.2) is 176 Å². The summed E-state index contributed by atoms with van der Waals surface area (Å²) in [6, 6.07) is 63.7. The zero-order valence-corrected chi connectivity index (χ0v) is 32.5. The van der Waals surface area contributed by atoms with Gasteiger partial charge in [0.1, 0.15) is 5.65 Å². The molecular weight excluding hydrogens is 745 g/mol. The van der Waals surface area contributed by atoms with E-state index in [0.29, 0.717) is 5.82 Å². The standard InChI is InChI=1S/C52H30N4S2/c1-2-10-34(11-3-1)56-44-23-19-31(30-18-22-43-38(26-30)35-12-4-7-15-42(35)53-43)27-41(44)49-50(32-20-24-47-39(28-32)36-13-5-8-16-45(36)57-47)54-51(55-52(49)56)33-21-25-48-40(29-33)37-14-6-9-17-46(37)58-48/h1-29,53H. The summed E-state index contributed by atoms with van der Waals surface area (Å²) in [6.45, 7) is 0. The fraction of sp³-hybridized carbons (Fsp3) is 0. The lowest BCUT2D eigenvalue weighted by Gasteiger charge is -2.11. The number of hydrogen-bond acceptors (Lipinski definition) is 4. The number of benzene rings is 8. The number of fused-ring (bicyclic) bond motifs is 12. The Morgan fingerprint density at radius 1 is 0.397 bits per heavy atom. The SMILES string of the molecule is c1ccc(-n2c3ccc(-c4ccc5[nH]c6ccccc6c5c4)cc3c3c(-c4ccc5sc6ccccc6c5c4)nc(-c4ccc5sc6ccccc6c5c4)nc32)cc1. The van der Waals surface area contributed by atoms with Gasteiger partial charge in [0.25, 0.3) is 0 Å². The van der Waals surface area contributed by atoms with E-state index in [-0.39, 0.29) is 0 Å². The second-order valence-electron chi connectivity index (χ2n) is 15.0. The average Bonchev–Trinajstić information content (AvgIpc) is 4.04. The summed E-state index contributed by atoms with van der Waals surface area (Å²) < 4.78 is 7.43. The number of H-pyrrole nitrogens is 1. The number of rotatable bonds is 4. The Morgan fingerprint density at radius 2 is 0.948 bits per heavy atom. The predicted molar refractivity (Wildman–Crippen MR) is 248 cm³/mol. The topological polar surface area (TPSA) is 46.5 Å². The first kappa shape index (κ1) is 32.0. The van der Waals surface area contributed by atoms with Crippen molar-refractivity contribution in [2.45, 2.75) is 0 Å². The van der Waals surface area contributed by atoms with Crippen molar-refractivity contribution < 1.29 is 0 Å². The van der Waals surface area contributed by atoms with E-state index in [4.69, 9.17) is 9.97 Å². The highest BCUT2D eigenvalue weighted by molar-refractivity contribution is 7.26. The van der Waals surface area contributed by atoms with E-state index in [0.717, 1.165) is 61.0 Å². The summed E-state index contributed by atoms with van der Waals surface area (Å²) in [5, 5.41) is 9.62. The molecule has 0 bridgehead atoms. The summed E-state index contributed by atoms with van der Waals surface area (Å²) in [7, 11) is 0. The second-order valence-corrected chi connectivity index (χ2v) is 17.2. The second kappa shape index (κ2) is 12.2. The van der Waals surface area contributed by atoms with E-state index in [2.05, 4.69) is 185 Å². The Bertz CT molecular complexity index is 3810. The first-order chi connectivity index (χ1) is 28.7. The van der Waals surface area contributed by atoms with E-state index in [9.17, 15) is 0 Å². The number of aromatic amines is 1. The molecule has 0 aliphatic carbocycles. The first-order valence-corrected chi connectivity index (χ1v) is 21.1. The third-order valence-corrected chi connectivity index (χ3v) is 14.1. The zero-order valence-electron chi connectivity index (χ0n) is 30.9. The Kier molecular flexibility index (Phi) is 6.73. The fourth-order valence-corrected chi connectivity index (χ4v) is 11.2. The van der Waals surface area contributed by atoms with Gasteiger partial charge in [0.15, 0.2) is 5.82 Å². The van der Waals surface area contributed by atoms with E-state index in [1.54, 1.807) is 0 Å². The van der Waals surface area contributed by atoms with Crippen molar-refractivity contribution in [1.29, 1.82) is 0 Å². The highest BCUT2D eigenvalue weighted by Gasteiger charge is 2.23. The van der Waals surface area contributed by atoms with E-state index < -0.39 is 0 Å². The smallest absolute Gasteiger partial charge is 0.162 e. The van der Waals surface area contributed by atoms with Crippen LogP contribution < -0.4 is 0 Å². The quantitative estimate of drug-likeness (QED) is 0.194. The number of hydrogen-bond donors (Lipinski definition) is 1. The van der Waals surface area contributed by atoms with Crippen LogP contribution in [0, 0.1) is 0 Å². The molecule has 0 aliphatic heterocycles. The Hall–Kier alpha value is -7.12. The van der Waals surface area contributed by atoms with Crippen LogP contribution in [0.25, 0.3) is 124 Å². The molecule has 0 saturated heterocycles. The van der Waals surface area contributed by atoms with Gasteiger partial charge in [-0.15, -0.1) is 22.7 Å². The van der Waals surface area contributed by atoms with Crippen LogP contribution in [0.2, 0.25) is 0 Å². The lowest BCUT2D eigenvalue weighted by atomic mass is 9.99. The summed E-state index contributed by atoms with van der Waals surface area (Å²) in [5.74, 6) is 0.708. The van der Waals surface area contributed by atoms with Gasteiger partial charge in [0.05, 0.1) is 16.6 Å². The molecule has 4 nitrogen and oxygen atoms in total. The summed E-state index contributed by atoms with van der Waals surface area (Å²) in [5.41, 5.74) is 10.6. The molecule has 13 aromatic rings. The number of nitrogens with one attached hydrogen (secondary N) is 1. The van der Waals surface area contributed by atoms with Crippen molar-refractivity contribution in [2.24, 2.45) is 0 Å². The minimum Gasteiger partial charge on any atom is -0.355 e. The monoisotopic (exact) mass is 774 g/mol. The summed E-state index contributed by atoms with van der Waals surface area (Å²) in [6.07, 6.45) is 0. The van der Waals surface area contributed by atoms with Gasteiger partial charge < -0.3 is 4.98 Å². The molecule has 0 spiro atoms. The molecule has 58 heavy (non-hydrogen) atoms. The number of aromatic nitrogens is 4. The van der Waals surface area contributed by atoms with Gasteiger partial charge in [-0.05, 0) is 96.1 Å². The molecule has 270 valence electrons. The molecule has 13 rings (SSSR count). The van der Waals surface area contributed by atoms with E-state index in [1.807, 2.05) is 22.7 Å². The highest BCUT2D eigenvalue weighted by Crippen LogP contribution is 2.43. The van der Waals surface area contributed by atoms with Crippen molar-refractivity contribution in [1.82, 2.24) is 19.5 Å². The lowest BCUT2D eigenvalue weighted by molar-refractivity contribution is 1.11. The largest absolute Gasteiger partial charge is 0.355 e. The molecule has 5 heterocycles. The minimum absolute atomic E-state index is 0.708. The normalized spacial score (nSPS) is 12.1. The molecule has 0 unspecified atom stereocenters. The maximum absolute atomic E-state index is 5.59. The Balaban J connectivity index is 1.13. The van der Waals surface area contributed by atoms with Crippen LogP contribution in [0.5, 0.6) is 0 Å². The lowest BCUT2D eigenvalue weighted by Crippen LogP contribution is -1.99. The van der Waals surface area contributed by atoms with Crippen LogP contribution in [0.4, 0.5) is 0 Å². The van der Waals surface area contributed by atoms with Gasteiger partial charge in [-0.25, -0.2) is 9.97 Å². The fourth-order valence-electron chi connectivity index (χ4n) is 9.03. The summed E-state index contributed by atoms with van der Waals surface area (Å²) >= 11 is 3.67. The van der Waals surface area contributed by atoms with Crippen LogP contribution in [-0.4, -0.2) is 19.5 Å². The minimum atomic E-state index is 0.708. The van der Waals surface area contributed by atoms with Crippen LogP contribution in [-0.2, 0) is 0 Å². The maximum Gasteiger partial charge on any atom is 0.162 e. The Morgan fingerprint density at radius 3 is 1.71 bits per heavy atom. The van der Waals surface area contributed by atoms with Crippen molar-refractivity contribution in [3.8, 4) is 39.5 Å². The summed E-state index contributed by atoms with van der Waals surface area (Å²) in [4.78, 5) is 14.7. The van der Waals surface area contributed by atoms with Crippen LogP contribution in [0.3, 0.4) is 0 Å². The van der Waals surface area contributed by atoms with Gasteiger partial charge >= 0.3 is 0 Å². The molecule has 0 fully saturated rings. The number of thiophene rings is 2. The third kappa shape index (κ3) is 4.73. The van der Waals surface area contributed by atoms with Crippen molar-refractivity contribution in [3.05, 3.63) is 176 Å². The molecule has 5 aromatic heterocycles. The molecule has 0 aliphatic rings. The molecule has 0 atom stereocenters. The van der Waals surface area contributed by atoms with Gasteiger partial charge in [-0.2, -0.15) is 0 Å². The third-order valence-electron chi connectivity index (χ3n) is 11.7. The van der Waals surface area contributed by atoms with Gasteiger partial charge in [0.2, 0.25) is 0 Å². The maximum atomic E-state index is 5.59. The zero-order chi connectivity index (χ0) is 37.9. The van der Waals surface area contributed by atoms with Crippen molar-refractivity contribution in [3.63, 3.8) is 0 Å². The molecule has 8 aromatic carbocycles. The molecule has 6 heteroatoms. The molecule has 0 saturated carbocycles. The van der Waals surface area contributed by atoms with Gasteiger partial charge in [0, 0.05) is 84.4 Å². The highest BCUT2D eigenvalue weighted by atomic mass is 32.1. The van der Waals surface area contributed by atoms with Gasteiger partial charge in [-0.3, -0.25) is 4.57 Å².